The quantitative estimate of drug-likeness (QED) is 0.895. The second-order valence-electron chi connectivity index (χ2n) is 6.30. The van der Waals surface area contributed by atoms with Crippen LogP contribution in [-0.4, -0.2) is 55.9 Å². The van der Waals surface area contributed by atoms with E-state index in [4.69, 9.17) is 0 Å². The molecule has 1 N–H and O–H groups in total. The molecule has 2 rings (SSSR count). The number of nitrogens with one attached hydrogen (secondary N) is 1. The highest BCUT2D eigenvalue weighted by atomic mass is 32.2. The van der Waals surface area contributed by atoms with E-state index >= 15 is 0 Å². The lowest BCUT2D eigenvalue weighted by atomic mass is 10.1. The highest BCUT2D eigenvalue weighted by Gasteiger charge is 2.32. The minimum absolute atomic E-state index is 0.0395. The Kier molecular flexibility index (Phi) is 5.82. The van der Waals surface area contributed by atoms with E-state index in [-0.39, 0.29) is 43.1 Å². The first-order valence-corrected chi connectivity index (χ1v) is 9.47. The van der Waals surface area contributed by atoms with E-state index in [1.165, 1.54) is 22.5 Å². The minimum atomic E-state index is -3.88. The molecule has 1 atom stereocenters. The molecule has 134 valence electrons. The van der Waals surface area contributed by atoms with Gasteiger partial charge in [0.15, 0.2) is 0 Å². The number of carbonyl (C=O) groups excluding carboxylic acids is 1. The molecule has 0 aliphatic carbocycles. The third-order valence-electron chi connectivity index (χ3n) is 4.33. The molecule has 1 aliphatic rings. The van der Waals surface area contributed by atoms with Crippen molar-refractivity contribution >= 4 is 16.1 Å². The standard InChI is InChI=1S/C16H24FN3O3S/c1-12(2)13(3)18-16(21)19-8-10-20(11-9-19)24(22,23)15-7-5-4-6-14(15)17/h4-7,12-13H,8-11H2,1-3H3,(H,18,21). The second-order valence-corrected chi connectivity index (χ2v) is 8.21. The first kappa shape index (κ1) is 18.7. The van der Waals surface area contributed by atoms with E-state index < -0.39 is 15.8 Å². The average Bonchev–Trinajstić information content (AvgIpc) is 2.55. The van der Waals surface area contributed by atoms with Crippen molar-refractivity contribution in [3.63, 3.8) is 0 Å². The molecule has 1 saturated heterocycles. The molecular weight excluding hydrogens is 333 g/mol. The van der Waals surface area contributed by atoms with Gasteiger partial charge >= 0.3 is 6.03 Å². The number of urea groups is 1. The maximum atomic E-state index is 13.8. The van der Waals surface area contributed by atoms with Crippen LogP contribution in [0, 0.1) is 11.7 Å². The van der Waals surface area contributed by atoms with Crippen LogP contribution < -0.4 is 5.32 Å². The Morgan fingerprint density at radius 3 is 2.25 bits per heavy atom. The van der Waals surface area contributed by atoms with Gasteiger partial charge in [-0.05, 0) is 25.0 Å². The zero-order valence-corrected chi connectivity index (χ0v) is 15.0. The van der Waals surface area contributed by atoms with Crippen LogP contribution in [0.15, 0.2) is 29.2 Å². The molecule has 1 unspecified atom stereocenters. The number of rotatable bonds is 4. The molecule has 1 fully saturated rings. The van der Waals surface area contributed by atoms with Gasteiger partial charge in [-0.2, -0.15) is 4.31 Å². The molecule has 6 nitrogen and oxygen atoms in total. The first-order valence-electron chi connectivity index (χ1n) is 8.03. The van der Waals surface area contributed by atoms with E-state index in [2.05, 4.69) is 5.32 Å². The molecule has 1 aromatic rings. The summed E-state index contributed by atoms with van der Waals surface area (Å²) in [6.45, 7) is 6.84. The third kappa shape index (κ3) is 4.05. The van der Waals surface area contributed by atoms with Gasteiger partial charge < -0.3 is 10.2 Å². The van der Waals surface area contributed by atoms with Crippen LogP contribution >= 0.6 is 0 Å². The number of benzene rings is 1. The van der Waals surface area contributed by atoms with Gasteiger partial charge in [-0.1, -0.05) is 26.0 Å². The van der Waals surface area contributed by atoms with Crippen molar-refractivity contribution < 1.29 is 17.6 Å². The number of piperazine rings is 1. The molecule has 0 saturated carbocycles. The van der Waals surface area contributed by atoms with Crippen LogP contribution in [0.3, 0.4) is 0 Å². The van der Waals surface area contributed by atoms with E-state index in [1.54, 1.807) is 4.90 Å². The van der Waals surface area contributed by atoms with Gasteiger partial charge in [-0.3, -0.25) is 0 Å². The van der Waals surface area contributed by atoms with E-state index in [9.17, 15) is 17.6 Å². The average molecular weight is 357 g/mol. The number of hydrogen-bond acceptors (Lipinski definition) is 3. The first-order chi connectivity index (χ1) is 11.2. The van der Waals surface area contributed by atoms with Gasteiger partial charge in [0.2, 0.25) is 10.0 Å². The predicted molar refractivity (Wildman–Crippen MR) is 89.6 cm³/mol. The summed E-state index contributed by atoms with van der Waals surface area (Å²) < 4.78 is 40.0. The molecule has 1 aliphatic heterocycles. The Hall–Kier alpha value is -1.67. The fourth-order valence-electron chi connectivity index (χ4n) is 2.38. The van der Waals surface area contributed by atoms with Gasteiger partial charge in [-0.25, -0.2) is 17.6 Å². The molecule has 0 spiro atoms. The maximum absolute atomic E-state index is 13.8. The summed E-state index contributed by atoms with van der Waals surface area (Å²) >= 11 is 0. The topological polar surface area (TPSA) is 69.7 Å². The summed E-state index contributed by atoms with van der Waals surface area (Å²) in [5, 5.41) is 2.90. The monoisotopic (exact) mass is 357 g/mol. The zero-order valence-electron chi connectivity index (χ0n) is 14.2. The Bertz CT molecular complexity index is 686. The van der Waals surface area contributed by atoms with Gasteiger partial charge in [0, 0.05) is 32.2 Å². The molecule has 0 bridgehead atoms. The van der Waals surface area contributed by atoms with Crippen LogP contribution in [0.4, 0.5) is 9.18 Å². The Labute approximate surface area is 142 Å². The van der Waals surface area contributed by atoms with Crippen molar-refractivity contribution in [2.24, 2.45) is 5.92 Å². The lowest BCUT2D eigenvalue weighted by molar-refractivity contribution is 0.167. The Morgan fingerprint density at radius 1 is 1.12 bits per heavy atom. The van der Waals surface area contributed by atoms with Crippen molar-refractivity contribution in [2.75, 3.05) is 26.2 Å². The summed E-state index contributed by atoms with van der Waals surface area (Å²) in [5.41, 5.74) is 0. The highest BCUT2D eigenvalue weighted by molar-refractivity contribution is 7.89. The largest absolute Gasteiger partial charge is 0.335 e. The van der Waals surface area contributed by atoms with Crippen molar-refractivity contribution in [1.29, 1.82) is 0 Å². The Balaban J connectivity index is 2.00. The molecule has 8 heteroatoms. The van der Waals surface area contributed by atoms with Crippen LogP contribution in [0.25, 0.3) is 0 Å². The van der Waals surface area contributed by atoms with E-state index in [0.717, 1.165) is 6.07 Å². The molecule has 1 aromatic carbocycles. The fraction of sp³-hybridized carbons (Fsp3) is 0.562. The normalized spacial score (nSPS) is 17.8. The van der Waals surface area contributed by atoms with Gasteiger partial charge in [0.1, 0.15) is 10.7 Å². The smallest absolute Gasteiger partial charge is 0.317 e. The van der Waals surface area contributed by atoms with Crippen molar-refractivity contribution in [3.8, 4) is 0 Å². The Morgan fingerprint density at radius 2 is 1.71 bits per heavy atom. The summed E-state index contributed by atoms with van der Waals surface area (Å²) in [4.78, 5) is 13.4. The van der Waals surface area contributed by atoms with Crippen LogP contribution in [-0.2, 0) is 10.0 Å². The number of sulfonamides is 1. The van der Waals surface area contributed by atoms with Gasteiger partial charge in [-0.15, -0.1) is 0 Å². The lowest BCUT2D eigenvalue weighted by Crippen LogP contribution is -2.54. The molecular formula is C16H24FN3O3S. The van der Waals surface area contributed by atoms with Crippen LogP contribution in [0.2, 0.25) is 0 Å². The van der Waals surface area contributed by atoms with E-state index in [0.29, 0.717) is 5.92 Å². The molecule has 24 heavy (non-hydrogen) atoms. The highest BCUT2D eigenvalue weighted by Crippen LogP contribution is 2.20. The fourth-order valence-corrected chi connectivity index (χ4v) is 3.86. The number of nitrogens with zero attached hydrogens (tertiary/aromatic N) is 2. The molecule has 0 aromatic heterocycles. The van der Waals surface area contributed by atoms with Crippen molar-refractivity contribution in [1.82, 2.24) is 14.5 Å². The zero-order chi connectivity index (χ0) is 17.9. The van der Waals surface area contributed by atoms with E-state index in [1.807, 2.05) is 20.8 Å². The van der Waals surface area contributed by atoms with Crippen LogP contribution in [0.5, 0.6) is 0 Å². The van der Waals surface area contributed by atoms with Crippen LogP contribution in [0.1, 0.15) is 20.8 Å². The SMILES string of the molecule is CC(C)C(C)NC(=O)N1CCN(S(=O)(=O)c2ccccc2F)CC1. The minimum Gasteiger partial charge on any atom is -0.335 e. The molecule has 1 heterocycles. The summed E-state index contributed by atoms with van der Waals surface area (Å²) in [6.07, 6.45) is 0. The predicted octanol–water partition coefficient (Wildman–Crippen LogP) is 1.89. The summed E-state index contributed by atoms with van der Waals surface area (Å²) in [6, 6.07) is 5.18. The number of amides is 2. The maximum Gasteiger partial charge on any atom is 0.317 e. The van der Waals surface area contributed by atoms with Gasteiger partial charge in [0.25, 0.3) is 0 Å². The summed E-state index contributed by atoms with van der Waals surface area (Å²) in [7, 11) is -3.88. The number of hydrogen-bond donors (Lipinski definition) is 1. The molecule has 0 radical (unpaired) electrons. The molecule has 2 amide bonds. The number of carbonyl (C=O) groups is 1. The second kappa shape index (κ2) is 7.48. The number of halogens is 1. The summed E-state index contributed by atoms with van der Waals surface area (Å²) in [5.74, 6) is -0.444. The lowest BCUT2D eigenvalue weighted by Gasteiger charge is -2.35. The van der Waals surface area contributed by atoms with Gasteiger partial charge in [0.05, 0.1) is 0 Å². The third-order valence-corrected chi connectivity index (χ3v) is 6.26. The van der Waals surface area contributed by atoms with Crippen molar-refractivity contribution in [3.05, 3.63) is 30.1 Å². The van der Waals surface area contributed by atoms with Crippen molar-refractivity contribution in [2.45, 2.75) is 31.7 Å².